The van der Waals surface area contributed by atoms with Gasteiger partial charge in [0.15, 0.2) is 0 Å². The highest BCUT2D eigenvalue weighted by atomic mass is 35.5. The number of benzene rings is 1. The fourth-order valence-corrected chi connectivity index (χ4v) is 3.13. The molecule has 2 aliphatic heterocycles. The first-order valence-electron chi connectivity index (χ1n) is 7.52. The highest BCUT2D eigenvalue weighted by Gasteiger charge is 2.36. The van der Waals surface area contributed by atoms with Crippen molar-refractivity contribution >= 4 is 29.9 Å². The zero-order valence-corrected chi connectivity index (χ0v) is 14.0. The van der Waals surface area contributed by atoms with E-state index in [9.17, 15) is 4.79 Å². The van der Waals surface area contributed by atoms with Crippen LogP contribution >= 0.6 is 24.0 Å². The maximum Gasteiger partial charge on any atom is 0.225 e. The van der Waals surface area contributed by atoms with E-state index in [4.69, 9.17) is 16.3 Å². The molecule has 2 fully saturated rings. The molecule has 4 nitrogen and oxygen atoms in total. The van der Waals surface area contributed by atoms with Crippen molar-refractivity contribution in [3.8, 4) is 0 Å². The number of halogens is 2. The largest absolute Gasteiger partial charge is 0.381 e. The molecule has 0 aliphatic carbocycles. The van der Waals surface area contributed by atoms with E-state index in [0.29, 0.717) is 6.54 Å². The highest BCUT2D eigenvalue weighted by Crippen LogP contribution is 2.35. The summed E-state index contributed by atoms with van der Waals surface area (Å²) in [5.41, 5.74) is 1.21. The number of rotatable bonds is 4. The number of amides is 1. The SMILES string of the molecule is Cl.O=C(NCC1(c2ccc(Cl)cc2)CCOCC1)C1CNC1. The third-order valence-corrected chi connectivity index (χ3v) is 4.91. The van der Waals surface area contributed by atoms with Crippen molar-refractivity contribution in [2.24, 2.45) is 5.92 Å². The zero-order chi connectivity index (χ0) is 14.7. The molecular weight excluding hydrogens is 323 g/mol. The average molecular weight is 345 g/mol. The molecule has 0 atom stereocenters. The van der Waals surface area contributed by atoms with Crippen molar-refractivity contribution in [2.75, 3.05) is 32.8 Å². The summed E-state index contributed by atoms with van der Waals surface area (Å²) in [6, 6.07) is 7.99. The molecule has 122 valence electrons. The van der Waals surface area contributed by atoms with Crippen LogP contribution in [0.4, 0.5) is 0 Å². The van der Waals surface area contributed by atoms with Gasteiger partial charge in [0, 0.05) is 43.3 Å². The molecule has 6 heteroatoms. The number of carbonyl (C=O) groups excluding carboxylic acids is 1. The summed E-state index contributed by atoms with van der Waals surface area (Å²) in [5, 5.41) is 7.01. The standard InChI is InChI=1S/C16H21ClN2O2.ClH/c17-14-3-1-13(2-4-14)16(5-7-21-8-6-16)11-19-15(20)12-9-18-10-12;/h1-4,12,18H,5-11H2,(H,19,20);1H. The van der Waals surface area contributed by atoms with Crippen LogP contribution in [0.3, 0.4) is 0 Å². The van der Waals surface area contributed by atoms with Gasteiger partial charge in [0.25, 0.3) is 0 Å². The Bertz CT molecular complexity index is 497. The van der Waals surface area contributed by atoms with Crippen LogP contribution in [0.25, 0.3) is 0 Å². The Labute approximate surface area is 142 Å². The molecule has 2 heterocycles. The second-order valence-electron chi connectivity index (χ2n) is 5.97. The van der Waals surface area contributed by atoms with Crippen molar-refractivity contribution in [2.45, 2.75) is 18.3 Å². The molecule has 2 saturated heterocycles. The molecule has 2 N–H and O–H groups in total. The number of nitrogens with one attached hydrogen (secondary N) is 2. The molecule has 0 aromatic heterocycles. The fraction of sp³-hybridized carbons (Fsp3) is 0.562. The predicted molar refractivity (Wildman–Crippen MR) is 89.8 cm³/mol. The van der Waals surface area contributed by atoms with Crippen LogP contribution in [-0.2, 0) is 14.9 Å². The van der Waals surface area contributed by atoms with Gasteiger partial charge < -0.3 is 15.4 Å². The van der Waals surface area contributed by atoms with E-state index in [1.54, 1.807) is 0 Å². The number of hydrogen-bond acceptors (Lipinski definition) is 3. The molecule has 2 aliphatic rings. The first-order valence-corrected chi connectivity index (χ1v) is 7.90. The zero-order valence-electron chi connectivity index (χ0n) is 12.4. The lowest BCUT2D eigenvalue weighted by Gasteiger charge is -2.38. The molecule has 0 saturated carbocycles. The van der Waals surface area contributed by atoms with Gasteiger partial charge in [-0.25, -0.2) is 0 Å². The van der Waals surface area contributed by atoms with E-state index >= 15 is 0 Å². The first-order chi connectivity index (χ1) is 10.2. The van der Waals surface area contributed by atoms with E-state index in [-0.39, 0.29) is 29.6 Å². The Morgan fingerprint density at radius 1 is 1.27 bits per heavy atom. The van der Waals surface area contributed by atoms with Crippen LogP contribution in [0.1, 0.15) is 18.4 Å². The van der Waals surface area contributed by atoms with Gasteiger partial charge in [-0.15, -0.1) is 12.4 Å². The lowest BCUT2D eigenvalue weighted by Crippen LogP contribution is -2.53. The van der Waals surface area contributed by atoms with E-state index in [0.717, 1.165) is 44.2 Å². The molecule has 1 aromatic carbocycles. The van der Waals surface area contributed by atoms with Crippen molar-refractivity contribution in [3.63, 3.8) is 0 Å². The second-order valence-corrected chi connectivity index (χ2v) is 6.41. The molecule has 3 rings (SSSR count). The van der Waals surface area contributed by atoms with Gasteiger partial charge in [0.2, 0.25) is 5.91 Å². The van der Waals surface area contributed by atoms with Gasteiger partial charge in [-0.3, -0.25) is 4.79 Å². The van der Waals surface area contributed by atoms with Crippen LogP contribution in [0.2, 0.25) is 5.02 Å². The van der Waals surface area contributed by atoms with Crippen LogP contribution in [0, 0.1) is 5.92 Å². The maximum absolute atomic E-state index is 12.1. The quantitative estimate of drug-likeness (QED) is 0.879. The molecular formula is C16H22Cl2N2O2. The summed E-state index contributed by atoms with van der Waals surface area (Å²) in [6.45, 7) is 3.74. The average Bonchev–Trinajstić information content (AvgIpc) is 2.45. The number of hydrogen-bond donors (Lipinski definition) is 2. The first kappa shape index (κ1) is 17.5. The van der Waals surface area contributed by atoms with Crippen molar-refractivity contribution in [1.82, 2.24) is 10.6 Å². The number of ether oxygens (including phenoxy) is 1. The minimum absolute atomic E-state index is 0. The Morgan fingerprint density at radius 2 is 1.91 bits per heavy atom. The smallest absolute Gasteiger partial charge is 0.225 e. The second kappa shape index (κ2) is 7.64. The van der Waals surface area contributed by atoms with Crippen LogP contribution < -0.4 is 10.6 Å². The summed E-state index contributed by atoms with van der Waals surface area (Å²) in [4.78, 5) is 12.1. The summed E-state index contributed by atoms with van der Waals surface area (Å²) >= 11 is 5.99. The van der Waals surface area contributed by atoms with Crippen molar-refractivity contribution in [3.05, 3.63) is 34.9 Å². The van der Waals surface area contributed by atoms with Gasteiger partial charge in [0.05, 0.1) is 5.92 Å². The molecule has 0 radical (unpaired) electrons. The van der Waals surface area contributed by atoms with Crippen LogP contribution in [-0.4, -0.2) is 38.8 Å². The third kappa shape index (κ3) is 3.74. The Morgan fingerprint density at radius 3 is 2.45 bits per heavy atom. The Hall–Kier alpha value is -0.810. The normalized spacial score (nSPS) is 20.6. The van der Waals surface area contributed by atoms with Gasteiger partial charge >= 0.3 is 0 Å². The third-order valence-electron chi connectivity index (χ3n) is 4.66. The highest BCUT2D eigenvalue weighted by molar-refractivity contribution is 6.30. The maximum atomic E-state index is 12.1. The van der Waals surface area contributed by atoms with E-state index in [2.05, 4.69) is 22.8 Å². The van der Waals surface area contributed by atoms with Gasteiger partial charge in [-0.2, -0.15) is 0 Å². The van der Waals surface area contributed by atoms with Gasteiger partial charge in [-0.1, -0.05) is 23.7 Å². The monoisotopic (exact) mass is 344 g/mol. The fourth-order valence-electron chi connectivity index (χ4n) is 3.01. The van der Waals surface area contributed by atoms with E-state index in [1.165, 1.54) is 5.56 Å². The molecule has 0 bridgehead atoms. The summed E-state index contributed by atoms with van der Waals surface area (Å²) in [6.07, 6.45) is 1.86. The lowest BCUT2D eigenvalue weighted by atomic mass is 9.74. The minimum atomic E-state index is -0.0321. The van der Waals surface area contributed by atoms with E-state index in [1.807, 2.05) is 12.1 Å². The van der Waals surface area contributed by atoms with Crippen LogP contribution in [0.15, 0.2) is 24.3 Å². The predicted octanol–water partition coefficient (Wildman–Crippen LogP) is 2.15. The van der Waals surface area contributed by atoms with Gasteiger partial charge in [0.1, 0.15) is 0 Å². The van der Waals surface area contributed by atoms with Crippen LogP contribution in [0.5, 0.6) is 0 Å². The number of carbonyl (C=O) groups is 1. The lowest BCUT2D eigenvalue weighted by molar-refractivity contribution is -0.126. The van der Waals surface area contributed by atoms with E-state index < -0.39 is 0 Å². The van der Waals surface area contributed by atoms with Gasteiger partial charge in [-0.05, 0) is 30.5 Å². The molecule has 22 heavy (non-hydrogen) atoms. The summed E-state index contributed by atoms with van der Waals surface area (Å²) in [7, 11) is 0. The molecule has 1 amide bonds. The summed E-state index contributed by atoms with van der Waals surface area (Å²) < 4.78 is 5.51. The molecule has 0 spiro atoms. The Kier molecular flexibility index (Phi) is 6.09. The molecule has 0 unspecified atom stereocenters. The summed E-state index contributed by atoms with van der Waals surface area (Å²) in [5.74, 6) is 0.292. The van der Waals surface area contributed by atoms with Crippen molar-refractivity contribution < 1.29 is 9.53 Å². The molecule has 1 aromatic rings. The Balaban J connectivity index is 0.00000176. The minimum Gasteiger partial charge on any atom is -0.381 e. The topological polar surface area (TPSA) is 50.4 Å². The van der Waals surface area contributed by atoms with Crippen molar-refractivity contribution in [1.29, 1.82) is 0 Å².